The van der Waals surface area contributed by atoms with Gasteiger partial charge in [0.2, 0.25) is 5.12 Å². The van der Waals surface area contributed by atoms with E-state index in [1.165, 1.54) is 0 Å². The van der Waals surface area contributed by atoms with Gasteiger partial charge in [-0.15, -0.1) is 0 Å². The molecule has 0 amide bonds. The first kappa shape index (κ1) is 7.52. The van der Waals surface area contributed by atoms with Gasteiger partial charge in [-0.2, -0.15) is 0 Å². The molecule has 0 bridgehead atoms. The average molecular weight is 211 g/mol. The van der Waals surface area contributed by atoms with Gasteiger partial charge in [0.15, 0.2) is 0 Å². The molecule has 0 spiro atoms. The molecule has 0 heterocycles. The van der Waals surface area contributed by atoms with Crippen LogP contribution in [0.5, 0.6) is 0 Å². The summed E-state index contributed by atoms with van der Waals surface area (Å²) >= 11 is 0.384. The summed E-state index contributed by atoms with van der Waals surface area (Å²) in [7, 11) is 0. The Labute approximate surface area is 94.1 Å². The number of carbonyl (C=O) groups is 1. The normalized spacial score (nSPS) is 15.5. The monoisotopic (exact) mass is 211 g/mol. The SMILES string of the molecule is [2H]C([2H])([2H])SC(=O)c1ccc(C(C)(C)C)cc1. The molecule has 0 unspecified atom stereocenters. The molecule has 0 aliphatic rings. The second-order valence-electron chi connectivity index (χ2n) is 4.22. The zero-order chi connectivity index (χ0) is 13.3. The van der Waals surface area contributed by atoms with Crippen LogP contribution in [0.1, 0.15) is 40.8 Å². The molecule has 76 valence electrons. The Morgan fingerprint density at radius 2 is 1.86 bits per heavy atom. The maximum atomic E-state index is 11.6. The summed E-state index contributed by atoms with van der Waals surface area (Å²) < 4.78 is 21.1. The first-order chi connectivity index (χ1) is 7.59. The van der Waals surface area contributed by atoms with Crippen molar-refractivity contribution in [3.63, 3.8) is 0 Å². The van der Waals surface area contributed by atoms with E-state index < -0.39 is 11.3 Å². The van der Waals surface area contributed by atoms with Gasteiger partial charge in [-0.1, -0.05) is 56.8 Å². The predicted molar refractivity (Wildman–Crippen MR) is 63.0 cm³/mol. The molecule has 0 saturated heterocycles. The Morgan fingerprint density at radius 3 is 2.29 bits per heavy atom. The first-order valence-corrected chi connectivity index (χ1v) is 5.25. The molecule has 1 aromatic carbocycles. The molecule has 1 nitrogen and oxygen atoms in total. The van der Waals surface area contributed by atoms with Crippen molar-refractivity contribution in [2.75, 3.05) is 6.18 Å². The zero-order valence-electron chi connectivity index (χ0n) is 11.6. The molecule has 0 fully saturated rings. The van der Waals surface area contributed by atoms with Crippen LogP contribution >= 0.6 is 11.8 Å². The van der Waals surface area contributed by atoms with Crippen molar-refractivity contribution in [2.45, 2.75) is 26.2 Å². The van der Waals surface area contributed by atoms with Gasteiger partial charge >= 0.3 is 0 Å². The molecule has 0 aliphatic heterocycles. The summed E-state index contributed by atoms with van der Waals surface area (Å²) in [5.41, 5.74) is 1.57. The van der Waals surface area contributed by atoms with Gasteiger partial charge in [0, 0.05) is 9.68 Å². The fraction of sp³-hybridized carbons (Fsp3) is 0.417. The highest BCUT2D eigenvalue weighted by Crippen LogP contribution is 2.22. The molecule has 2 heteroatoms. The van der Waals surface area contributed by atoms with E-state index in [1.54, 1.807) is 12.1 Å². The lowest BCUT2D eigenvalue weighted by Crippen LogP contribution is -2.10. The van der Waals surface area contributed by atoms with E-state index in [-0.39, 0.29) is 5.41 Å². The van der Waals surface area contributed by atoms with Crippen molar-refractivity contribution in [1.82, 2.24) is 0 Å². The van der Waals surface area contributed by atoms with Crippen LogP contribution < -0.4 is 0 Å². The van der Waals surface area contributed by atoms with Crippen molar-refractivity contribution < 1.29 is 8.91 Å². The lowest BCUT2D eigenvalue weighted by molar-refractivity contribution is 0.108. The molecule has 0 aromatic heterocycles. The molecule has 0 N–H and O–H groups in total. The highest BCUT2D eigenvalue weighted by atomic mass is 32.2. The number of hydrogen-bond donors (Lipinski definition) is 0. The van der Waals surface area contributed by atoms with E-state index in [9.17, 15) is 4.79 Å². The van der Waals surface area contributed by atoms with Gasteiger partial charge in [0.1, 0.15) is 0 Å². The Bertz CT molecular complexity index is 401. The van der Waals surface area contributed by atoms with Crippen LogP contribution in [-0.2, 0) is 5.41 Å². The minimum absolute atomic E-state index is 0.0265. The standard InChI is InChI=1S/C12H16OS/c1-12(2,3)10-7-5-9(6-8-10)11(13)14-4/h5-8H,1-4H3/i4D3. The van der Waals surface area contributed by atoms with Crippen LogP contribution in [0.25, 0.3) is 0 Å². The number of thioether (sulfide) groups is 1. The van der Waals surface area contributed by atoms with Gasteiger partial charge < -0.3 is 0 Å². The molecule has 0 atom stereocenters. The highest BCUT2D eigenvalue weighted by molar-refractivity contribution is 8.13. The molecule has 0 radical (unpaired) electrons. The van der Waals surface area contributed by atoms with Gasteiger partial charge in [-0.3, -0.25) is 4.79 Å². The van der Waals surface area contributed by atoms with E-state index in [4.69, 9.17) is 4.11 Å². The Hall–Kier alpha value is -0.760. The van der Waals surface area contributed by atoms with Gasteiger partial charge in [-0.05, 0) is 17.2 Å². The zero-order valence-corrected chi connectivity index (χ0v) is 9.44. The Morgan fingerprint density at radius 1 is 1.29 bits per heavy atom. The molecule has 14 heavy (non-hydrogen) atoms. The fourth-order valence-corrected chi connectivity index (χ4v) is 1.42. The lowest BCUT2D eigenvalue weighted by Gasteiger charge is -2.18. The molecule has 1 rings (SSSR count). The average Bonchev–Trinajstić information content (AvgIpc) is 2.14. The largest absolute Gasteiger partial charge is 0.282 e. The van der Waals surface area contributed by atoms with E-state index >= 15 is 0 Å². The third kappa shape index (κ3) is 2.61. The minimum Gasteiger partial charge on any atom is -0.282 e. The number of rotatable bonds is 1. The number of benzene rings is 1. The maximum Gasteiger partial charge on any atom is 0.219 e. The topological polar surface area (TPSA) is 17.1 Å². The summed E-state index contributed by atoms with van der Waals surface area (Å²) in [5.74, 6) is 0. The van der Waals surface area contributed by atoms with Crippen molar-refractivity contribution >= 4 is 16.9 Å². The third-order valence-electron chi connectivity index (χ3n) is 2.08. The molecular formula is C12H16OS. The summed E-state index contributed by atoms with van der Waals surface area (Å²) in [6.45, 7) is 6.25. The fourth-order valence-electron chi connectivity index (χ4n) is 1.17. The molecule has 0 saturated carbocycles. The minimum atomic E-state index is -2.28. The molecule has 1 aromatic rings. The van der Waals surface area contributed by atoms with E-state index in [0.717, 1.165) is 5.56 Å². The van der Waals surface area contributed by atoms with Crippen molar-refractivity contribution in [3.8, 4) is 0 Å². The van der Waals surface area contributed by atoms with Gasteiger partial charge in [0.25, 0.3) is 0 Å². The van der Waals surface area contributed by atoms with Gasteiger partial charge in [0.05, 0.1) is 0 Å². The van der Waals surface area contributed by atoms with E-state index in [2.05, 4.69) is 20.8 Å². The van der Waals surface area contributed by atoms with E-state index in [1.807, 2.05) is 12.1 Å². The smallest absolute Gasteiger partial charge is 0.219 e. The summed E-state index contributed by atoms with van der Waals surface area (Å²) in [6, 6.07) is 7.10. The van der Waals surface area contributed by atoms with Crippen LogP contribution in [0.4, 0.5) is 0 Å². The summed E-state index contributed by atoms with van der Waals surface area (Å²) in [6.07, 6.45) is -2.28. The molecule has 0 aliphatic carbocycles. The van der Waals surface area contributed by atoms with Crippen molar-refractivity contribution in [3.05, 3.63) is 35.4 Å². The Balaban J connectivity index is 2.85. The van der Waals surface area contributed by atoms with Crippen LogP contribution in [0.2, 0.25) is 0 Å². The van der Waals surface area contributed by atoms with E-state index in [0.29, 0.717) is 17.3 Å². The maximum absolute atomic E-state index is 11.6. The first-order valence-electron chi connectivity index (χ1n) is 5.93. The van der Waals surface area contributed by atoms with Crippen molar-refractivity contribution in [1.29, 1.82) is 0 Å². The quantitative estimate of drug-likeness (QED) is 0.707. The van der Waals surface area contributed by atoms with Crippen molar-refractivity contribution in [2.24, 2.45) is 0 Å². The van der Waals surface area contributed by atoms with Crippen LogP contribution in [0.15, 0.2) is 24.3 Å². The third-order valence-corrected chi connectivity index (χ3v) is 2.50. The summed E-state index contributed by atoms with van der Waals surface area (Å²) in [4.78, 5) is 11.6. The van der Waals surface area contributed by atoms with Gasteiger partial charge in [-0.25, -0.2) is 0 Å². The summed E-state index contributed by atoms with van der Waals surface area (Å²) in [5, 5.41) is -0.412. The second-order valence-corrected chi connectivity index (χ2v) is 4.79. The number of hydrogen-bond acceptors (Lipinski definition) is 2. The molecular weight excluding hydrogens is 192 g/mol. The predicted octanol–water partition coefficient (Wildman–Crippen LogP) is 3.49. The van der Waals surface area contributed by atoms with Crippen LogP contribution in [0, 0.1) is 0 Å². The second kappa shape index (κ2) is 4.18. The van der Waals surface area contributed by atoms with Crippen LogP contribution in [-0.4, -0.2) is 11.3 Å². The van der Waals surface area contributed by atoms with Crippen LogP contribution in [0.3, 0.4) is 0 Å². The Kier molecular flexibility index (Phi) is 2.24. The lowest BCUT2D eigenvalue weighted by atomic mass is 9.87. The highest BCUT2D eigenvalue weighted by Gasteiger charge is 2.13. The number of carbonyl (C=O) groups excluding carboxylic acids is 1.